The van der Waals surface area contributed by atoms with Crippen molar-refractivity contribution >= 4 is 0 Å². The molecule has 1 saturated carbocycles. The van der Waals surface area contributed by atoms with Gasteiger partial charge in [0.25, 0.3) is 0 Å². The topological polar surface area (TPSA) is 32.3 Å². The lowest BCUT2D eigenvalue weighted by Gasteiger charge is -2.52. The van der Waals surface area contributed by atoms with Crippen LogP contribution in [-0.2, 0) is 11.8 Å². The van der Waals surface area contributed by atoms with E-state index in [0.717, 1.165) is 24.8 Å². The molecule has 23 heavy (non-hydrogen) atoms. The molecule has 0 unspecified atom stereocenters. The molecular formula is C21H31NO. The molecule has 1 aromatic carbocycles. The van der Waals surface area contributed by atoms with Gasteiger partial charge in [-0.3, -0.25) is 0 Å². The Morgan fingerprint density at radius 1 is 1.43 bits per heavy atom. The van der Waals surface area contributed by atoms with Gasteiger partial charge in [-0.2, -0.15) is 0 Å². The molecule has 0 aromatic heterocycles. The number of fused-ring (bicyclic) bond motifs is 3. The van der Waals surface area contributed by atoms with E-state index in [4.69, 9.17) is 0 Å². The molecule has 0 saturated heterocycles. The van der Waals surface area contributed by atoms with Gasteiger partial charge in [-0.15, -0.1) is 6.58 Å². The zero-order valence-electron chi connectivity index (χ0n) is 14.6. The first kappa shape index (κ1) is 16.6. The Morgan fingerprint density at radius 3 is 3.04 bits per heavy atom. The maximum absolute atomic E-state index is 10.1. The monoisotopic (exact) mass is 313 g/mol. The van der Waals surface area contributed by atoms with E-state index in [2.05, 4.69) is 37.9 Å². The van der Waals surface area contributed by atoms with Crippen molar-refractivity contribution in [1.82, 2.24) is 5.32 Å². The predicted octanol–water partition coefficient (Wildman–Crippen LogP) is 4.57. The van der Waals surface area contributed by atoms with Crippen molar-refractivity contribution in [2.75, 3.05) is 6.54 Å². The number of rotatable bonds is 5. The molecule has 0 spiro atoms. The molecule has 0 aliphatic heterocycles. The van der Waals surface area contributed by atoms with Crippen LogP contribution in [0.3, 0.4) is 0 Å². The third-order valence-electron chi connectivity index (χ3n) is 6.35. The van der Waals surface area contributed by atoms with E-state index in [9.17, 15) is 5.11 Å². The Labute approximate surface area is 141 Å². The van der Waals surface area contributed by atoms with Gasteiger partial charge in [-0.1, -0.05) is 31.9 Å². The number of benzene rings is 1. The van der Waals surface area contributed by atoms with Gasteiger partial charge >= 0.3 is 0 Å². The minimum atomic E-state index is 0.248. The van der Waals surface area contributed by atoms with E-state index in [1.807, 2.05) is 12.1 Å². The zero-order valence-corrected chi connectivity index (χ0v) is 14.6. The lowest BCUT2D eigenvalue weighted by molar-refractivity contribution is 0.102. The van der Waals surface area contributed by atoms with Crippen molar-refractivity contribution in [3.8, 4) is 5.75 Å². The highest BCUT2D eigenvalue weighted by Crippen LogP contribution is 2.54. The molecule has 2 N–H and O–H groups in total. The number of aromatic hydroxyl groups is 1. The van der Waals surface area contributed by atoms with Crippen LogP contribution in [-0.4, -0.2) is 17.7 Å². The number of hydrogen-bond donors (Lipinski definition) is 2. The van der Waals surface area contributed by atoms with Crippen LogP contribution in [0, 0.1) is 11.8 Å². The van der Waals surface area contributed by atoms with Gasteiger partial charge in [-0.05, 0) is 74.2 Å². The Balaban J connectivity index is 1.94. The molecule has 3 rings (SSSR count). The minimum absolute atomic E-state index is 0.248. The van der Waals surface area contributed by atoms with Crippen LogP contribution in [0.5, 0.6) is 5.75 Å². The van der Waals surface area contributed by atoms with Crippen LogP contribution in [0.2, 0.25) is 0 Å². The number of hydrogen-bond acceptors (Lipinski definition) is 2. The normalized spacial score (nSPS) is 31.0. The van der Waals surface area contributed by atoms with Gasteiger partial charge in [0.05, 0.1) is 0 Å². The molecular weight excluding hydrogens is 282 g/mol. The lowest BCUT2D eigenvalue weighted by Crippen LogP contribution is -2.47. The fourth-order valence-electron chi connectivity index (χ4n) is 5.18. The second-order valence-electron chi connectivity index (χ2n) is 7.76. The molecule has 1 fully saturated rings. The van der Waals surface area contributed by atoms with E-state index in [1.54, 1.807) is 0 Å². The summed E-state index contributed by atoms with van der Waals surface area (Å²) in [4.78, 5) is 0. The molecule has 2 heteroatoms. The van der Waals surface area contributed by atoms with Crippen molar-refractivity contribution in [2.24, 2.45) is 11.8 Å². The molecule has 0 bridgehead atoms. The third kappa shape index (κ3) is 3.06. The summed E-state index contributed by atoms with van der Waals surface area (Å²) in [5.74, 6) is 1.92. The average molecular weight is 313 g/mol. The fourth-order valence-corrected chi connectivity index (χ4v) is 5.18. The summed E-state index contributed by atoms with van der Waals surface area (Å²) in [5, 5.41) is 13.7. The smallest absolute Gasteiger partial charge is 0.115 e. The van der Waals surface area contributed by atoms with E-state index in [-0.39, 0.29) is 5.41 Å². The molecule has 126 valence electrons. The summed E-state index contributed by atoms with van der Waals surface area (Å²) >= 11 is 0. The van der Waals surface area contributed by atoms with Crippen LogP contribution in [0.15, 0.2) is 30.9 Å². The van der Waals surface area contributed by atoms with Gasteiger partial charge in [0.1, 0.15) is 5.75 Å². The highest BCUT2D eigenvalue weighted by atomic mass is 16.3. The van der Waals surface area contributed by atoms with Gasteiger partial charge in [0, 0.05) is 11.5 Å². The quantitative estimate of drug-likeness (QED) is 0.781. The Morgan fingerprint density at radius 2 is 2.26 bits per heavy atom. The Kier molecular flexibility index (Phi) is 4.82. The summed E-state index contributed by atoms with van der Waals surface area (Å²) in [7, 11) is 0. The summed E-state index contributed by atoms with van der Waals surface area (Å²) in [6, 6.07) is 6.45. The first-order chi connectivity index (χ1) is 11.1. The summed E-state index contributed by atoms with van der Waals surface area (Å²) in [6.45, 7) is 9.48. The van der Waals surface area contributed by atoms with Gasteiger partial charge in [0.15, 0.2) is 0 Å². The van der Waals surface area contributed by atoms with Crippen molar-refractivity contribution in [1.29, 1.82) is 0 Å². The van der Waals surface area contributed by atoms with E-state index >= 15 is 0 Å². The van der Waals surface area contributed by atoms with Gasteiger partial charge in [0.2, 0.25) is 0 Å². The molecule has 2 aliphatic carbocycles. The average Bonchev–Trinajstić information content (AvgIpc) is 2.56. The standard InChI is InChI=1S/C21H31NO/c1-4-16(3)22-12-11-21-10-6-5-7-19(21)15(2)13-17-8-9-18(23)14-20(17)21/h4,8-9,14-16,19,22-23H,1,5-7,10-13H2,2-3H3/t15-,16-,19+,21-/m1/s1. The van der Waals surface area contributed by atoms with E-state index in [1.165, 1.54) is 43.2 Å². The Hall–Kier alpha value is -1.28. The molecule has 0 amide bonds. The maximum Gasteiger partial charge on any atom is 0.115 e. The highest BCUT2D eigenvalue weighted by Gasteiger charge is 2.47. The first-order valence-corrected chi connectivity index (χ1v) is 9.25. The second-order valence-corrected chi connectivity index (χ2v) is 7.76. The maximum atomic E-state index is 10.1. The summed E-state index contributed by atoms with van der Waals surface area (Å²) in [5.41, 5.74) is 3.15. The van der Waals surface area contributed by atoms with Crippen LogP contribution in [0.25, 0.3) is 0 Å². The predicted molar refractivity (Wildman–Crippen MR) is 96.9 cm³/mol. The number of phenols is 1. The lowest BCUT2D eigenvalue weighted by atomic mass is 9.53. The van der Waals surface area contributed by atoms with Crippen molar-refractivity contribution in [2.45, 2.75) is 63.8 Å². The van der Waals surface area contributed by atoms with Crippen LogP contribution < -0.4 is 5.32 Å². The van der Waals surface area contributed by atoms with Gasteiger partial charge < -0.3 is 10.4 Å². The Bertz CT molecular complexity index is 567. The molecule has 4 atom stereocenters. The van der Waals surface area contributed by atoms with Crippen LogP contribution >= 0.6 is 0 Å². The highest BCUT2D eigenvalue weighted by molar-refractivity contribution is 5.43. The van der Waals surface area contributed by atoms with Crippen molar-refractivity contribution < 1.29 is 5.11 Å². The molecule has 1 aromatic rings. The van der Waals surface area contributed by atoms with Crippen LogP contribution in [0.1, 0.15) is 57.1 Å². The summed E-state index contributed by atoms with van der Waals surface area (Å²) in [6.07, 6.45) is 9.58. The SMILES string of the molecule is C=C[C@@H](C)NCC[C@]12CCCC[C@H]1[C@H](C)Cc1ccc(O)cc12. The first-order valence-electron chi connectivity index (χ1n) is 9.25. The van der Waals surface area contributed by atoms with Crippen molar-refractivity contribution in [3.63, 3.8) is 0 Å². The van der Waals surface area contributed by atoms with E-state index in [0.29, 0.717) is 11.8 Å². The minimum Gasteiger partial charge on any atom is -0.508 e. The number of nitrogens with one attached hydrogen (secondary N) is 1. The second kappa shape index (κ2) is 6.68. The van der Waals surface area contributed by atoms with E-state index < -0.39 is 0 Å². The summed E-state index contributed by atoms with van der Waals surface area (Å²) < 4.78 is 0. The third-order valence-corrected chi connectivity index (χ3v) is 6.35. The largest absolute Gasteiger partial charge is 0.508 e. The molecule has 0 heterocycles. The fraction of sp³-hybridized carbons (Fsp3) is 0.619. The number of phenolic OH excluding ortho intramolecular Hbond substituents is 1. The van der Waals surface area contributed by atoms with Crippen LogP contribution in [0.4, 0.5) is 0 Å². The molecule has 0 radical (unpaired) electrons. The molecule has 2 nitrogen and oxygen atoms in total. The zero-order chi connectivity index (χ0) is 16.4. The van der Waals surface area contributed by atoms with Crippen molar-refractivity contribution in [3.05, 3.63) is 42.0 Å². The molecule has 2 aliphatic rings. The van der Waals surface area contributed by atoms with Gasteiger partial charge in [-0.25, -0.2) is 0 Å².